The van der Waals surface area contributed by atoms with Crippen LogP contribution in [0.1, 0.15) is 0 Å². The molecule has 82 valence electrons. The van der Waals surface area contributed by atoms with E-state index in [0.717, 1.165) is 0 Å². The Bertz CT molecular complexity index is 385. The number of benzene rings is 1. The summed E-state index contributed by atoms with van der Waals surface area (Å²) in [6, 6.07) is 1.61. The smallest absolute Gasteiger partial charge is 0.420 e. The highest BCUT2D eigenvalue weighted by atomic mass is 19.4. The van der Waals surface area contributed by atoms with Crippen LogP contribution >= 0.6 is 0 Å². The van der Waals surface area contributed by atoms with Gasteiger partial charge in [-0.2, -0.15) is 13.2 Å². The maximum absolute atomic E-state index is 12.5. The first kappa shape index (κ1) is 11.4. The summed E-state index contributed by atoms with van der Waals surface area (Å²) >= 11 is 0. The minimum Gasteiger partial charge on any atom is -0.420 e. The van der Waals surface area contributed by atoms with Crippen LogP contribution in [0.2, 0.25) is 0 Å². The van der Waals surface area contributed by atoms with Crippen molar-refractivity contribution in [2.24, 2.45) is 0 Å². The van der Waals surface area contributed by atoms with Gasteiger partial charge in [0.2, 0.25) is 0 Å². The number of esters is 1. The molecule has 0 aliphatic heterocycles. The lowest BCUT2D eigenvalue weighted by atomic mass is 10.3. The maximum atomic E-state index is 12.5. The van der Waals surface area contributed by atoms with Crippen LogP contribution in [0.15, 0.2) is 18.2 Å². The molecule has 0 amide bonds. The van der Waals surface area contributed by atoms with Crippen LogP contribution in [-0.2, 0) is 4.79 Å². The van der Waals surface area contributed by atoms with Crippen LogP contribution in [-0.4, -0.2) is 12.1 Å². The van der Waals surface area contributed by atoms with Gasteiger partial charge >= 0.3 is 12.1 Å². The molecule has 0 spiro atoms. The van der Waals surface area contributed by atoms with Crippen molar-refractivity contribution < 1.29 is 31.5 Å². The molecule has 0 heterocycles. The number of carbonyl (C=O) groups is 1. The summed E-state index contributed by atoms with van der Waals surface area (Å²) in [5, 5.41) is 0. The molecule has 0 aliphatic rings. The van der Waals surface area contributed by atoms with Gasteiger partial charge in [-0.3, -0.25) is 0 Å². The average Bonchev–Trinajstić information content (AvgIpc) is 2.10. The highest BCUT2D eigenvalue weighted by Crippen LogP contribution is 2.21. The fourth-order valence-electron chi connectivity index (χ4n) is 0.705. The van der Waals surface area contributed by atoms with E-state index in [-0.39, 0.29) is 0 Å². The Morgan fingerprint density at radius 2 is 1.73 bits per heavy atom. The molecule has 15 heavy (non-hydrogen) atoms. The molecule has 1 rings (SSSR count). The van der Waals surface area contributed by atoms with Gasteiger partial charge in [0.15, 0.2) is 11.6 Å². The van der Waals surface area contributed by atoms with Gasteiger partial charge in [-0.25, -0.2) is 13.6 Å². The predicted molar refractivity (Wildman–Crippen MR) is 38.0 cm³/mol. The monoisotopic (exact) mass is 226 g/mol. The fraction of sp³-hybridized carbons (Fsp3) is 0.125. The van der Waals surface area contributed by atoms with Gasteiger partial charge in [-0.1, -0.05) is 0 Å². The molecular formula is C8H3F5O2. The Balaban J connectivity index is 2.83. The second-order valence-electron chi connectivity index (χ2n) is 2.46. The zero-order valence-electron chi connectivity index (χ0n) is 6.94. The summed E-state index contributed by atoms with van der Waals surface area (Å²) < 4.78 is 63.6. The quantitative estimate of drug-likeness (QED) is 0.417. The summed E-state index contributed by atoms with van der Waals surface area (Å²) in [5.74, 6) is -5.85. The van der Waals surface area contributed by atoms with Gasteiger partial charge in [0.25, 0.3) is 0 Å². The van der Waals surface area contributed by atoms with Gasteiger partial charge in [-0.15, -0.1) is 0 Å². The van der Waals surface area contributed by atoms with Crippen LogP contribution in [0.25, 0.3) is 0 Å². The highest BCUT2D eigenvalue weighted by molar-refractivity contribution is 5.78. The lowest BCUT2D eigenvalue weighted by Crippen LogP contribution is -2.28. The first-order chi connectivity index (χ1) is 6.80. The molecule has 0 N–H and O–H groups in total. The molecule has 0 saturated carbocycles. The van der Waals surface area contributed by atoms with Crippen molar-refractivity contribution in [1.82, 2.24) is 0 Å². The third-order valence-corrected chi connectivity index (χ3v) is 1.33. The van der Waals surface area contributed by atoms with E-state index in [1.54, 1.807) is 0 Å². The third-order valence-electron chi connectivity index (χ3n) is 1.33. The number of ether oxygens (including phenoxy) is 1. The largest absolute Gasteiger partial charge is 0.491 e. The van der Waals surface area contributed by atoms with E-state index in [1.807, 2.05) is 0 Å². The first-order valence-electron chi connectivity index (χ1n) is 3.55. The standard InChI is InChI=1S/C8H3F5O2/c9-5-2-1-4(3-6(5)10)15-7(14)8(11,12)13/h1-3H. The van der Waals surface area contributed by atoms with Crippen molar-refractivity contribution in [3.8, 4) is 5.75 Å². The third kappa shape index (κ3) is 2.90. The molecule has 0 bridgehead atoms. The van der Waals surface area contributed by atoms with Gasteiger partial charge in [-0.05, 0) is 12.1 Å². The summed E-state index contributed by atoms with van der Waals surface area (Å²) in [4.78, 5) is 10.3. The molecule has 0 aliphatic carbocycles. The van der Waals surface area contributed by atoms with Crippen molar-refractivity contribution >= 4 is 5.97 Å². The Labute approximate surface area is 80.3 Å². The zero-order chi connectivity index (χ0) is 11.6. The molecule has 0 atom stereocenters. The predicted octanol–water partition coefficient (Wildman–Crippen LogP) is 2.43. The lowest BCUT2D eigenvalue weighted by Gasteiger charge is -2.06. The minimum atomic E-state index is -5.18. The average molecular weight is 226 g/mol. The molecule has 0 radical (unpaired) electrons. The van der Waals surface area contributed by atoms with E-state index >= 15 is 0 Å². The molecule has 0 fully saturated rings. The van der Waals surface area contributed by atoms with Crippen LogP contribution < -0.4 is 4.74 Å². The zero-order valence-corrected chi connectivity index (χ0v) is 6.94. The molecule has 2 nitrogen and oxygen atoms in total. The highest BCUT2D eigenvalue weighted by Gasteiger charge is 2.41. The SMILES string of the molecule is O=C(Oc1ccc(F)c(F)c1)C(F)(F)F. The Morgan fingerprint density at radius 1 is 1.13 bits per heavy atom. The topological polar surface area (TPSA) is 26.3 Å². The van der Waals surface area contributed by atoms with Gasteiger partial charge < -0.3 is 4.74 Å². The number of hydrogen-bond acceptors (Lipinski definition) is 2. The molecule has 0 saturated heterocycles. The summed E-state index contributed by atoms with van der Waals surface area (Å²) in [5.41, 5.74) is 0. The fourth-order valence-corrected chi connectivity index (χ4v) is 0.705. The number of halogens is 5. The van der Waals surface area contributed by atoms with Gasteiger partial charge in [0.05, 0.1) is 0 Å². The Hall–Kier alpha value is -1.66. The van der Waals surface area contributed by atoms with Crippen LogP contribution in [0.3, 0.4) is 0 Å². The summed E-state index contributed by atoms with van der Waals surface area (Å²) in [7, 11) is 0. The van der Waals surface area contributed by atoms with E-state index in [1.165, 1.54) is 0 Å². The molecule has 1 aromatic rings. The van der Waals surface area contributed by atoms with Crippen molar-refractivity contribution in [3.63, 3.8) is 0 Å². The molecule has 0 unspecified atom stereocenters. The second kappa shape index (κ2) is 3.84. The Kier molecular flexibility index (Phi) is 2.92. The second-order valence-corrected chi connectivity index (χ2v) is 2.46. The van der Waals surface area contributed by atoms with E-state index in [0.29, 0.717) is 18.2 Å². The normalized spacial score (nSPS) is 11.3. The van der Waals surface area contributed by atoms with Gasteiger partial charge in [0, 0.05) is 6.07 Å². The van der Waals surface area contributed by atoms with Crippen LogP contribution in [0.5, 0.6) is 5.75 Å². The van der Waals surface area contributed by atoms with E-state index in [4.69, 9.17) is 0 Å². The molecule has 1 aromatic carbocycles. The van der Waals surface area contributed by atoms with Crippen molar-refractivity contribution in [2.75, 3.05) is 0 Å². The van der Waals surface area contributed by atoms with Gasteiger partial charge in [0.1, 0.15) is 5.75 Å². The van der Waals surface area contributed by atoms with Crippen molar-refractivity contribution in [2.45, 2.75) is 6.18 Å². The van der Waals surface area contributed by atoms with Crippen molar-refractivity contribution in [1.29, 1.82) is 0 Å². The lowest BCUT2D eigenvalue weighted by molar-refractivity contribution is -0.189. The van der Waals surface area contributed by atoms with E-state index in [9.17, 15) is 26.7 Å². The summed E-state index contributed by atoms with van der Waals surface area (Å²) in [6.07, 6.45) is -5.18. The Morgan fingerprint density at radius 3 is 2.20 bits per heavy atom. The van der Waals surface area contributed by atoms with E-state index < -0.39 is 29.5 Å². The minimum absolute atomic E-state index is 0.346. The van der Waals surface area contributed by atoms with Crippen molar-refractivity contribution in [3.05, 3.63) is 29.8 Å². The maximum Gasteiger partial charge on any atom is 0.491 e. The first-order valence-corrected chi connectivity index (χ1v) is 3.55. The van der Waals surface area contributed by atoms with Crippen LogP contribution in [0, 0.1) is 11.6 Å². The van der Waals surface area contributed by atoms with E-state index in [2.05, 4.69) is 4.74 Å². The summed E-state index contributed by atoms with van der Waals surface area (Å²) in [6.45, 7) is 0. The number of rotatable bonds is 1. The number of alkyl halides is 3. The molecule has 7 heteroatoms. The molecular weight excluding hydrogens is 223 g/mol. The number of carbonyl (C=O) groups excluding carboxylic acids is 1. The molecule has 0 aromatic heterocycles. The van der Waals surface area contributed by atoms with Crippen LogP contribution in [0.4, 0.5) is 22.0 Å². The number of hydrogen-bond donors (Lipinski definition) is 0.